The predicted octanol–water partition coefficient (Wildman–Crippen LogP) is 3.30. The standard InChI is InChI=1S/C5H13N.C4H6O.C3H6/c1-5(2)4-6-3;1-2-3-4-5;1-3-2/h5-6H,4H2,1-3H3;2-5H,1H2;3H,1H2,2H3/b;4-3+;. The molecule has 0 spiro atoms. The summed E-state index contributed by atoms with van der Waals surface area (Å²) in [5.41, 5.74) is 0. The van der Waals surface area contributed by atoms with Gasteiger partial charge in [0.2, 0.25) is 0 Å². The second kappa shape index (κ2) is 22.7. The predicted molar refractivity (Wildman–Crippen MR) is 66.6 cm³/mol. The molecule has 0 fully saturated rings. The van der Waals surface area contributed by atoms with Gasteiger partial charge in [0.15, 0.2) is 0 Å². The van der Waals surface area contributed by atoms with Gasteiger partial charge < -0.3 is 10.4 Å². The zero-order chi connectivity index (χ0) is 11.8. The van der Waals surface area contributed by atoms with Crippen molar-refractivity contribution < 1.29 is 5.11 Å². The molecule has 0 radical (unpaired) electrons. The van der Waals surface area contributed by atoms with E-state index in [1.807, 2.05) is 14.0 Å². The topological polar surface area (TPSA) is 32.3 Å². The van der Waals surface area contributed by atoms with Gasteiger partial charge in [0, 0.05) is 0 Å². The minimum Gasteiger partial charge on any atom is -0.516 e. The molecule has 0 aromatic carbocycles. The highest BCUT2D eigenvalue weighted by molar-refractivity contribution is 4.91. The van der Waals surface area contributed by atoms with Crippen LogP contribution in [0.4, 0.5) is 0 Å². The van der Waals surface area contributed by atoms with Gasteiger partial charge in [-0.25, -0.2) is 0 Å². The van der Waals surface area contributed by atoms with E-state index in [0.717, 1.165) is 18.7 Å². The quantitative estimate of drug-likeness (QED) is 0.415. The van der Waals surface area contributed by atoms with Crippen molar-refractivity contribution in [2.24, 2.45) is 5.92 Å². The van der Waals surface area contributed by atoms with Crippen LogP contribution in [-0.4, -0.2) is 18.7 Å². The molecule has 0 unspecified atom stereocenters. The highest BCUT2D eigenvalue weighted by Gasteiger charge is 1.84. The van der Waals surface area contributed by atoms with Gasteiger partial charge in [-0.15, -0.1) is 6.58 Å². The van der Waals surface area contributed by atoms with Crippen molar-refractivity contribution in [1.29, 1.82) is 0 Å². The molecule has 0 aliphatic heterocycles. The van der Waals surface area contributed by atoms with Gasteiger partial charge in [0.05, 0.1) is 6.26 Å². The van der Waals surface area contributed by atoms with Gasteiger partial charge in [-0.05, 0) is 32.5 Å². The molecule has 0 heterocycles. The zero-order valence-corrected chi connectivity index (χ0v) is 9.96. The van der Waals surface area contributed by atoms with E-state index >= 15 is 0 Å². The molecule has 14 heavy (non-hydrogen) atoms. The number of aliphatic hydroxyl groups excluding tert-OH is 1. The third kappa shape index (κ3) is 69.0. The summed E-state index contributed by atoms with van der Waals surface area (Å²) < 4.78 is 0. The molecule has 2 heteroatoms. The number of rotatable bonds is 3. The number of hydrogen-bond donors (Lipinski definition) is 2. The van der Waals surface area contributed by atoms with Crippen LogP contribution in [0.3, 0.4) is 0 Å². The highest BCUT2D eigenvalue weighted by Crippen LogP contribution is 1.83. The van der Waals surface area contributed by atoms with Crippen LogP contribution in [-0.2, 0) is 0 Å². The molecular formula is C12H25NO. The Morgan fingerprint density at radius 3 is 1.79 bits per heavy atom. The maximum Gasteiger partial charge on any atom is 0.0791 e. The van der Waals surface area contributed by atoms with Crippen LogP contribution in [0.1, 0.15) is 20.8 Å². The monoisotopic (exact) mass is 199 g/mol. The third-order valence-corrected chi connectivity index (χ3v) is 0.835. The van der Waals surface area contributed by atoms with Crippen LogP contribution in [0.5, 0.6) is 0 Å². The molecule has 2 N–H and O–H groups in total. The van der Waals surface area contributed by atoms with Gasteiger partial charge in [-0.2, -0.15) is 0 Å². The Morgan fingerprint density at radius 2 is 1.79 bits per heavy atom. The Labute approximate surface area is 89.0 Å². The molecule has 84 valence electrons. The summed E-state index contributed by atoms with van der Waals surface area (Å²) in [6.07, 6.45) is 5.63. The van der Waals surface area contributed by atoms with E-state index in [4.69, 9.17) is 5.11 Å². The summed E-state index contributed by atoms with van der Waals surface area (Å²) in [7, 11) is 1.97. The normalized spacial score (nSPS) is 8.36. The van der Waals surface area contributed by atoms with Gasteiger partial charge in [-0.3, -0.25) is 0 Å². The number of nitrogens with one attached hydrogen (secondary N) is 1. The fourth-order valence-electron chi connectivity index (χ4n) is 0.469. The maximum atomic E-state index is 7.81. The average Bonchev–Trinajstić information content (AvgIpc) is 2.07. The number of hydrogen-bond acceptors (Lipinski definition) is 2. The minimum atomic E-state index is 0.787. The van der Waals surface area contributed by atoms with Crippen LogP contribution >= 0.6 is 0 Å². The average molecular weight is 199 g/mol. The van der Waals surface area contributed by atoms with Crippen molar-refractivity contribution in [2.75, 3.05) is 13.6 Å². The molecule has 0 bridgehead atoms. The lowest BCUT2D eigenvalue weighted by Gasteiger charge is -1.98. The summed E-state index contributed by atoms with van der Waals surface area (Å²) in [6, 6.07) is 0. The van der Waals surface area contributed by atoms with E-state index in [0.29, 0.717) is 0 Å². The van der Waals surface area contributed by atoms with E-state index in [1.54, 1.807) is 6.08 Å². The van der Waals surface area contributed by atoms with Gasteiger partial charge >= 0.3 is 0 Å². The van der Waals surface area contributed by atoms with Crippen LogP contribution in [0.2, 0.25) is 0 Å². The summed E-state index contributed by atoms with van der Waals surface area (Å²) in [5.74, 6) is 0.787. The second-order valence-corrected chi connectivity index (χ2v) is 2.94. The molecule has 0 aliphatic carbocycles. The fraction of sp³-hybridized carbons (Fsp3) is 0.500. The zero-order valence-electron chi connectivity index (χ0n) is 9.96. The Balaban J connectivity index is -0.000000138. The van der Waals surface area contributed by atoms with Gasteiger partial charge in [-0.1, -0.05) is 32.6 Å². The van der Waals surface area contributed by atoms with Crippen molar-refractivity contribution in [1.82, 2.24) is 5.32 Å². The van der Waals surface area contributed by atoms with E-state index in [1.165, 1.54) is 12.2 Å². The highest BCUT2D eigenvalue weighted by atomic mass is 16.2. The van der Waals surface area contributed by atoms with E-state index in [9.17, 15) is 0 Å². The van der Waals surface area contributed by atoms with Crippen molar-refractivity contribution in [3.05, 3.63) is 37.6 Å². The second-order valence-electron chi connectivity index (χ2n) is 2.94. The first-order valence-corrected chi connectivity index (χ1v) is 4.74. The summed E-state index contributed by atoms with van der Waals surface area (Å²) >= 11 is 0. The van der Waals surface area contributed by atoms with Crippen LogP contribution < -0.4 is 5.32 Å². The van der Waals surface area contributed by atoms with Crippen LogP contribution in [0, 0.1) is 5.92 Å². The van der Waals surface area contributed by atoms with E-state index < -0.39 is 0 Å². The molecule has 0 saturated heterocycles. The smallest absolute Gasteiger partial charge is 0.0791 e. The van der Waals surface area contributed by atoms with Crippen molar-refractivity contribution in [3.8, 4) is 0 Å². The maximum absolute atomic E-state index is 7.81. The molecular weight excluding hydrogens is 174 g/mol. The van der Waals surface area contributed by atoms with Crippen molar-refractivity contribution in [2.45, 2.75) is 20.8 Å². The molecule has 0 aromatic rings. The number of allylic oxidation sites excluding steroid dienone is 3. The van der Waals surface area contributed by atoms with Gasteiger partial charge in [0.1, 0.15) is 0 Å². The molecule has 0 saturated carbocycles. The number of aliphatic hydroxyl groups is 1. The minimum absolute atomic E-state index is 0.787. The lowest BCUT2D eigenvalue weighted by atomic mass is 10.2. The fourth-order valence-corrected chi connectivity index (χ4v) is 0.469. The molecule has 0 rings (SSSR count). The molecule has 0 aliphatic rings. The van der Waals surface area contributed by atoms with Crippen molar-refractivity contribution in [3.63, 3.8) is 0 Å². The van der Waals surface area contributed by atoms with Gasteiger partial charge in [0.25, 0.3) is 0 Å². The van der Waals surface area contributed by atoms with Crippen LogP contribution in [0.15, 0.2) is 37.6 Å². The summed E-state index contributed by atoms with van der Waals surface area (Å²) in [4.78, 5) is 0. The first kappa shape index (κ1) is 18.7. The largest absolute Gasteiger partial charge is 0.516 e. The van der Waals surface area contributed by atoms with Crippen molar-refractivity contribution >= 4 is 0 Å². The Kier molecular flexibility index (Phi) is 30.3. The summed E-state index contributed by atoms with van der Waals surface area (Å²) in [6.45, 7) is 14.1. The van der Waals surface area contributed by atoms with Crippen LogP contribution in [0.25, 0.3) is 0 Å². The Hall–Kier alpha value is -1.02. The Morgan fingerprint density at radius 1 is 1.36 bits per heavy atom. The third-order valence-electron chi connectivity index (χ3n) is 0.835. The van der Waals surface area contributed by atoms with E-state index in [-0.39, 0.29) is 0 Å². The SMILES string of the molecule is C=C/C=C/O.C=CC.CNCC(C)C. The molecule has 0 atom stereocenters. The summed E-state index contributed by atoms with van der Waals surface area (Å²) in [5, 5.41) is 10.9. The Bertz CT molecular complexity index is 128. The lowest BCUT2D eigenvalue weighted by molar-refractivity contribution is 0.474. The molecule has 0 amide bonds. The molecule has 0 aromatic heterocycles. The lowest BCUT2D eigenvalue weighted by Crippen LogP contribution is -2.12. The molecule has 2 nitrogen and oxygen atoms in total. The first-order chi connectivity index (χ1) is 6.60. The van der Waals surface area contributed by atoms with E-state index in [2.05, 4.69) is 32.3 Å². The first-order valence-electron chi connectivity index (χ1n) is 4.74.